The fraction of sp³-hybridized carbons (Fsp3) is 0.640. The van der Waals surface area contributed by atoms with Gasteiger partial charge in [0.05, 0.1) is 21.1 Å². The minimum absolute atomic E-state index is 0.0174. The molecule has 0 bridgehead atoms. The van der Waals surface area contributed by atoms with Crippen molar-refractivity contribution in [2.75, 3.05) is 19.6 Å². The summed E-state index contributed by atoms with van der Waals surface area (Å²) in [5.74, 6) is 1.18. The molecule has 4 rings (SSSR count). The summed E-state index contributed by atoms with van der Waals surface area (Å²) in [5, 5.41) is 10.5. The zero-order chi connectivity index (χ0) is 22.5. The molecule has 2 heterocycles. The fourth-order valence-electron chi connectivity index (χ4n) is 4.66. The number of aryl methyl sites for hydroxylation is 1. The molecule has 2 aliphatic rings. The summed E-state index contributed by atoms with van der Waals surface area (Å²) in [6.45, 7) is 6.44. The molecular weight excluding hydrogens is 420 g/mol. The van der Waals surface area contributed by atoms with Crippen LogP contribution in [0, 0.1) is 11.8 Å². The maximum absolute atomic E-state index is 12.8. The molecule has 7 heteroatoms. The van der Waals surface area contributed by atoms with E-state index >= 15 is 0 Å². The zero-order valence-corrected chi connectivity index (χ0v) is 20.1. The molecule has 2 fully saturated rings. The van der Waals surface area contributed by atoms with E-state index in [2.05, 4.69) is 48.0 Å². The van der Waals surface area contributed by atoms with Crippen LogP contribution in [0.3, 0.4) is 0 Å². The van der Waals surface area contributed by atoms with Crippen molar-refractivity contribution in [1.82, 2.24) is 20.9 Å². The Bertz CT molecular complexity index is 931. The molecule has 0 radical (unpaired) electrons. The predicted molar refractivity (Wildman–Crippen MR) is 130 cm³/mol. The van der Waals surface area contributed by atoms with Gasteiger partial charge >= 0.3 is 0 Å². The molecule has 0 unspecified atom stereocenters. The van der Waals surface area contributed by atoms with E-state index in [1.54, 1.807) is 11.3 Å². The van der Waals surface area contributed by atoms with Crippen LogP contribution >= 0.6 is 11.3 Å². The van der Waals surface area contributed by atoms with Gasteiger partial charge in [0.15, 0.2) is 0 Å². The normalized spacial score (nSPS) is 18.5. The van der Waals surface area contributed by atoms with E-state index in [0.717, 1.165) is 36.5 Å². The topological polar surface area (TPSA) is 83.1 Å². The highest BCUT2D eigenvalue weighted by Gasteiger charge is 2.28. The highest BCUT2D eigenvalue weighted by atomic mass is 32.1. The summed E-state index contributed by atoms with van der Waals surface area (Å²) in [5.41, 5.74) is 2.34. The van der Waals surface area contributed by atoms with E-state index < -0.39 is 0 Å². The standard InChI is InChI=1S/C25H36N4O2S/c1-16(2)18-8-9-20-22(12-18)32-24(29-20)11-10-23(30)28-21(17-6-4-3-5-7-17)15-27-25(31)19-13-26-14-19/h8-9,12,16-17,19,21,26H,3-7,10-11,13-15H2,1-2H3,(H,27,31)(H,28,30)/t21-/m1/s1. The number of hydrogen-bond donors (Lipinski definition) is 3. The summed E-state index contributed by atoms with van der Waals surface area (Å²) in [7, 11) is 0. The van der Waals surface area contributed by atoms with Gasteiger partial charge in [-0.15, -0.1) is 11.3 Å². The molecular formula is C25H36N4O2S. The van der Waals surface area contributed by atoms with Gasteiger partial charge in [0.1, 0.15) is 0 Å². The van der Waals surface area contributed by atoms with Crippen LogP contribution in [0.25, 0.3) is 10.2 Å². The largest absolute Gasteiger partial charge is 0.354 e. The lowest BCUT2D eigenvalue weighted by Crippen LogP contribution is -2.54. The van der Waals surface area contributed by atoms with Crippen molar-refractivity contribution < 1.29 is 9.59 Å². The molecule has 1 atom stereocenters. The summed E-state index contributed by atoms with van der Waals surface area (Å²) in [6.07, 6.45) is 7.03. The number of thiazole rings is 1. The van der Waals surface area contributed by atoms with E-state index in [-0.39, 0.29) is 23.8 Å². The maximum Gasteiger partial charge on any atom is 0.225 e. The number of carbonyl (C=O) groups excluding carboxylic acids is 2. The van der Waals surface area contributed by atoms with E-state index in [4.69, 9.17) is 4.98 Å². The second-order valence-electron chi connectivity index (χ2n) is 9.66. The average Bonchev–Trinajstić information content (AvgIpc) is 3.16. The van der Waals surface area contributed by atoms with Crippen LogP contribution in [0.5, 0.6) is 0 Å². The molecule has 3 N–H and O–H groups in total. The first-order valence-corrected chi connectivity index (χ1v) is 13.0. The Balaban J connectivity index is 1.32. The highest BCUT2D eigenvalue weighted by Crippen LogP contribution is 2.28. The molecule has 1 aliphatic carbocycles. The first-order valence-electron chi connectivity index (χ1n) is 12.2. The minimum Gasteiger partial charge on any atom is -0.354 e. The minimum atomic E-state index is 0.0174. The third-order valence-electron chi connectivity index (χ3n) is 6.90. The highest BCUT2D eigenvalue weighted by molar-refractivity contribution is 7.18. The fourth-order valence-corrected chi connectivity index (χ4v) is 5.67. The zero-order valence-electron chi connectivity index (χ0n) is 19.3. The summed E-state index contributed by atoms with van der Waals surface area (Å²) >= 11 is 1.69. The third-order valence-corrected chi connectivity index (χ3v) is 7.98. The van der Waals surface area contributed by atoms with E-state index in [1.807, 2.05) is 0 Å². The lowest BCUT2D eigenvalue weighted by molar-refractivity contribution is -0.127. The van der Waals surface area contributed by atoms with Crippen LogP contribution in [0.15, 0.2) is 18.2 Å². The smallest absolute Gasteiger partial charge is 0.225 e. The first-order chi connectivity index (χ1) is 15.5. The number of rotatable bonds is 9. The summed E-state index contributed by atoms with van der Waals surface area (Å²) in [6, 6.07) is 6.47. The Kier molecular flexibility index (Phi) is 7.79. The Morgan fingerprint density at radius 2 is 1.97 bits per heavy atom. The van der Waals surface area contributed by atoms with Gasteiger partial charge in [-0.05, 0) is 42.4 Å². The molecule has 6 nitrogen and oxygen atoms in total. The lowest BCUT2D eigenvalue weighted by atomic mass is 9.83. The molecule has 1 aromatic carbocycles. The Morgan fingerprint density at radius 3 is 2.66 bits per heavy atom. The van der Waals surface area contributed by atoms with Crippen LogP contribution in [-0.2, 0) is 16.0 Å². The third kappa shape index (κ3) is 5.87. The van der Waals surface area contributed by atoms with E-state index in [1.165, 1.54) is 29.5 Å². The van der Waals surface area contributed by atoms with Gasteiger partial charge in [-0.3, -0.25) is 9.59 Å². The average molecular weight is 457 g/mol. The van der Waals surface area contributed by atoms with Crippen LogP contribution in [0.1, 0.15) is 68.9 Å². The summed E-state index contributed by atoms with van der Waals surface area (Å²) in [4.78, 5) is 29.8. The van der Waals surface area contributed by atoms with Crippen molar-refractivity contribution in [2.24, 2.45) is 11.8 Å². The predicted octanol–water partition coefficient (Wildman–Crippen LogP) is 3.75. The Labute approximate surface area is 195 Å². The van der Waals surface area contributed by atoms with Crippen LogP contribution in [-0.4, -0.2) is 42.5 Å². The van der Waals surface area contributed by atoms with Crippen molar-refractivity contribution in [3.05, 3.63) is 28.8 Å². The van der Waals surface area contributed by atoms with Crippen LogP contribution < -0.4 is 16.0 Å². The SMILES string of the molecule is CC(C)c1ccc2nc(CCC(=O)N[C@H](CNC(=O)C3CNC3)C3CCCCC3)sc2c1. The van der Waals surface area contributed by atoms with Crippen LogP contribution in [0.4, 0.5) is 0 Å². The maximum atomic E-state index is 12.8. The molecule has 1 saturated carbocycles. The Hall–Kier alpha value is -1.99. The second-order valence-corrected chi connectivity index (χ2v) is 10.8. The van der Waals surface area contributed by atoms with Gasteiger partial charge < -0.3 is 16.0 Å². The monoisotopic (exact) mass is 456 g/mol. The van der Waals surface area contributed by atoms with E-state index in [9.17, 15) is 9.59 Å². The summed E-state index contributed by atoms with van der Waals surface area (Å²) < 4.78 is 1.19. The van der Waals surface area contributed by atoms with Gasteiger partial charge in [-0.25, -0.2) is 4.98 Å². The molecule has 32 heavy (non-hydrogen) atoms. The molecule has 2 aromatic rings. The molecule has 2 amide bonds. The van der Waals surface area contributed by atoms with Crippen molar-refractivity contribution >= 4 is 33.4 Å². The van der Waals surface area contributed by atoms with Crippen LogP contribution in [0.2, 0.25) is 0 Å². The van der Waals surface area contributed by atoms with Gasteiger partial charge in [0.25, 0.3) is 0 Å². The van der Waals surface area contributed by atoms with Gasteiger partial charge in [0, 0.05) is 38.5 Å². The van der Waals surface area contributed by atoms with E-state index in [0.29, 0.717) is 31.2 Å². The van der Waals surface area contributed by atoms with Gasteiger partial charge in [0.2, 0.25) is 11.8 Å². The molecule has 0 spiro atoms. The molecule has 174 valence electrons. The number of aromatic nitrogens is 1. The number of hydrogen-bond acceptors (Lipinski definition) is 5. The number of benzene rings is 1. The quantitative estimate of drug-likeness (QED) is 0.537. The Morgan fingerprint density at radius 1 is 1.19 bits per heavy atom. The second kappa shape index (κ2) is 10.8. The molecule has 1 aliphatic heterocycles. The molecule has 1 aromatic heterocycles. The van der Waals surface area contributed by atoms with Crippen molar-refractivity contribution in [3.63, 3.8) is 0 Å². The van der Waals surface area contributed by atoms with Crippen molar-refractivity contribution in [1.29, 1.82) is 0 Å². The number of carbonyl (C=O) groups is 2. The van der Waals surface area contributed by atoms with Crippen molar-refractivity contribution in [2.45, 2.75) is 70.8 Å². The first kappa shape index (κ1) is 23.2. The van der Waals surface area contributed by atoms with Gasteiger partial charge in [-0.2, -0.15) is 0 Å². The number of fused-ring (bicyclic) bond motifs is 1. The lowest BCUT2D eigenvalue weighted by Gasteiger charge is -2.32. The van der Waals surface area contributed by atoms with Crippen molar-refractivity contribution in [3.8, 4) is 0 Å². The molecule has 1 saturated heterocycles. The van der Waals surface area contributed by atoms with Gasteiger partial charge in [-0.1, -0.05) is 39.2 Å². The number of nitrogens with one attached hydrogen (secondary N) is 3. The number of amides is 2. The number of nitrogens with zero attached hydrogens (tertiary/aromatic N) is 1.